The predicted molar refractivity (Wildman–Crippen MR) is 97.3 cm³/mol. The van der Waals surface area contributed by atoms with E-state index in [1.807, 2.05) is 13.8 Å². The van der Waals surface area contributed by atoms with Crippen LogP contribution in [0.25, 0.3) is 0 Å². The summed E-state index contributed by atoms with van der Waals surface area (Å²) < 4.78 is 32.1. The fourth-order valence-corrected chi connectivity index (χ4v) is 5.71. The van der Waals surface area contributed by atoms with Gasteiger partial charge in [0.15, 0.2) is 5.82 Å². The molecule has 0 unspecified atom stereocenters. The zero-order chi connectivity index (χ0) is 17.3. The Morgan fingerprint density at radius 1 is 1.28 bits per heavy atom. The van der Waals surface area contributed by atoms with Crippen molar-refractivity contribution in [2.75, 3.05) is 26.2 Å². The molecule has 8 nitrogen and oxygen atoms in total. The standard InChI is InChI=1S/C14H21N5O3S2.ClH/c1-10-7-12(11(2)23-10)24(20,21)19-5-3-18(4-6-19)9-13-16-14(8-15)22-17-13;/h7H,3-6,8-9,15H2,1-2H3;1H. The highest BCUT2D eigenvalue weighted by molar-refractivity contribution is 7.89. The van der Waals surface area contributed by atoms with Gasteiger partial charge in [-0.3, -0.25) is 4.90 Å². The second kappa shape index (κ2) is 8.11. The normalized spacial score (nSPS) is 16.8. The fraction of sp³-hybridized carbons (Fsp3) is 0.571. The van der Waals surface area contributed by atoms with Crippen LogP contribution in [-0.2, 0) is 23.1 Å². The van der Waals surface area contributed by atoms with E-state index in [1.165, 1.54) is 11.3 Å². The van der Waals surface area contributed by atoms with Gasteiger partial charge in [-0.05, 0) is 19.9 Å². The minimum atomic E-state index is -3.42. The molecule has 0 bridgehead atoms. The van der Waals surface area contributed by atoms with E-state index in [-0.39, 0.29) is 19.0 Å². The molecule has 0 spiro atoms. The van der Waals surface area contributed by atoms with Crippen molar-refractivity contribution >= 4 is 33.8 Å². The van der Waals surface area contributed by atoms with E-state index in [9.17, 15) is 8.42 Å². The van der Waals surface area contributed by atoms with E-state index in [0.717, 1.165) is 9.75 Å². The maximum atomic E-state index is 12.8. The van der Waals surface area contributed by atoms with Crippen molar-refractivity contribution in [2.24, 2.45) is 5.73 Å². The predicted octanol–water partition coefficient (Wildman–Crippen LogP) is 1.13. The van der Waals surface area contributed by atoms with Crippen LogP contribution < -0.4 is 5.73 Å². The number of halogens is 1. The number of hydrogen-bond acceptors (Lipinski definition) is 8. The lowest BCUT2D eigenvalue weighted by Crippen LogP contribution is -2.48. The number of hydrogen-bond donors (Lipinski definition) is 1. The first-order chi connectivity index (χ1) is 11.4. The Bertz CT molecular complexity index is 812. The average Bonchev–Trinajstić information content (AvgIpc) is 3.14. The SMILES string of the molecule is Cc1cc(S(=O)(=O)N2CCN(Cc3noc(CN)n3)CC2)c(C)s1.Cl. The zero-order valence-electron chi connectivity index (χ0n) is 14.1. The van der Waals surface area contributed by atoms with Gasteiger partial charge in [0.1, 0.15) is 0 Å². The highest BCUT2D eigenvalue weighted by atomic mass is 35.5. The van der Waals surface area contributed by atoms with Crippen LogP contribution in [0.15, 0.2) is 15.5 Å². The van der Waals surface area contributed by atoms with E-state index in [4.69, 9.17) is 10.3 Å². The van der Waals surface area contributed by atoms with Crippen molar-refractivity contribution in [3.05, 3.63) is 27.5 Å². The minimum absolute atomic E-state index is 0. The number of nitrogens with zero attached hydrogens (tertiary/aromatic N) is 4. The molecule has 25 heavy (non-hydrogen) atoms. The van der Waals surface area contributed by atoms with Gasteiger partial charge in [0.2, 0.25) is 15.9 Å². The van der Waals surface area contributed by atoms with Crippen LogP contribution in [-0.4, -0.2) is 53.9 Å². The van der Waals surface area contributed by atoms with Gasteiger partial charge in [0, 0.05) is 35.9 Å². The molecule has 1 fully saturated rings. The summed E-state index contributed by atoms with van der Waals surface area (Å²) in [5.41, 5.74) is 5.45. The second-order valence-electron chi connectivity index (χ2n) is 5.77. The quantitative estimate of drug-likeness (QED) is 0.791. The van der Waals surface area contributed by atoms with E-state index < -0.39 is 10.0 Å². The second-order valence-corrected chi connectivity index (χ2v) is 9.13. The largest absolute Gasteiger partial charge is 0.338 e. The summed E-state index contributed by atoms with van der Waals surface area (Å²) in [6, 6.07) is 1.76. The Hall–Kier alpha value is -1.04. The molecule has 1 aliphatic rings. The molecule has 3 heterocycles. The lowest BCUT2D eigenvalue weighted by molar-refractivity contribution is 0.176. The summed E-state index contributed by atoms with van der Waals surface area (Å²) in [5.74, 6) is 0.991. The van der Waals surface area contributed by atoms with Crippen molar-refractivity contribution in [3.63, 3.8) is 0 Å². The first kappa shape index (κ1) is 20.3. The Balaban J connectivity index is 0.00000225. The molecule has 0 aromatic carbocycles. The molecule has 0 aliphatic carbocycles. The molecule has 3 rings (SSSR count). The zero-order valence-corrected chi connectivity index (χ0v) is 16.6. The van der Waals surface area contributed by atoms with Gasteiger partial charge in [-0.1, -0.05) is 5.16 Å². The fourth-order valence-electron chi connectivity index (χ4n) is 2.77. The molecule has 2 N–H and O–H groups in total. The molecular weight excluding hydrogens is 386 g/mol. The number of rotatable bonds is 5. The van der Waals surface area contributed by atoms with E-state index in [1.54, 1.807) is 10.4 Å². The smallest absolute Gasteiger partial charge is 0.244 e. The van der Waals surface area contributed by atoms with Crippen molar-refractivity contribution in [1.29, 1.82) is 0 Å². The third kappa shape index (κ3) is 4.39. The van der Waals surface area contributed by atoms with Gasteiger partial charge < -0.3 is 10.3 Å². The average molecular weight is 408 g/mol. The van der Waals surface area contributed by atoms with E-state index in [2.05, 4.69) is 15.0 Å². The van der Waals surface area contributed by atoms with Gasteiger partial charge in [0.05, 0.1) is 18.0 Å². The third-order valence-electron chi connectivity index (χ3n) is 3.99. The highest BCUT2D eigenvalue weighted by Gasteiger charge is 2.30. The number of thiophene rings is 1. The Morgan fingerprint density at radius 2 is 1.96 bits per heavy atom. The Kier molecular flexibility index (Phi) is 6.57. The van der Waals surface area contributed by atoms with Gasteiger partial charge in [-0.15, -0.1) is 23.7 Å². The number of nitrogens with two attached hydrogens (primary N) is 1. The highest BCUT2D eigenvalue weighted by Crippen LogP contribution is 2.28. The van der Waals surface area contributed by atoms with Crippen LogP contribution >= 0.6 is 23.7 Å². The molecule has 0 atom stereocenters. The lowest BCUT2D eigenvalue weighted by atomic mass is 10.3. The first-order valence-corrected chi connectivity index (χ1v) is 9.97. The minimum Gasteiger partial charge on any atom is -0.338 e. The number of sulfonamides is 1. The van der Waals surface area contributed by atoms with Crippen LogP contribution in [0.4, 0.5) is 0 Å². The van der Waals surface area contributed by atoms with Crippen LogP contribution in [0.1, 0.15) is 21.5 Å². The van der Waals surface area contributed by atoms with Crippen LogP contribution in [0, 0.1) is 13.8 Å². The molecule has 1 aliphatic heterocycles. The summed E-state index contributed by atoms with van der Waals surface area (Å²) in [6.07, 6.45) is 0. The molecule has 140 valence electrons. The summed E-state index contributed by atoms with van der Waals surface area (Å²) >= 11 is 1.51. The van der Waals surface area contributed by atoms with E-state index >= 15 is 0 Å². The van der Waals surface area contributed by atoms with Crippen LogP contribution in [0.5, 0.6) is 0 Å². The van der Waals surface area contributed by atoms with Gasteiger partial charge in [-0.25, -0.2) is 8.42 Å². The van der Waals surface area contributed by atoms with Gasteiger partial charge in [0.25, 0.3) is 0 Å². The molecule has 2 aromatic rings. The summed E-state index contributed by atoms with van der Waals surface area (Å²) in [6.45, 7) is 6.71. The van der Waals surface area contributed by atoms with Crippen LogP contribution in [0.2, 0.25) is 0 Å². The molecule has 0 saturated carbocycles. The van der Waals surface area contributed by atoms with Gasteiger partial charge in [-0.2, -0.15) is 9.29 Å². The third-order valence-corrected chi connectivity index (χ3v) is 7.11. The topological polar surface area (TPSA) is 106 Å². The summed E-state index contributed by atoms with van der Waals surface area (Å²) in [7, 11) is -3.42. The van der Waals surface area contributed by atoms with Crippen molar-refractivity contribution in [1.82, 2.24) is 19.3 Å². The molecule has 1 saturated heterocycles. The van der Waals surface area contributed by atoms with E-state index in [0.29, 0.717) is 49.3 Å². The Morgan fingerprint density at radius 3 is 2.48 bits per heavy atom. The first-order valence-electron chi connectivity index (χ1n) is 7.71. The number of piperazine rings is 1. The molecule has 11 heteroatoms. The molecule has 0 amide bonds. The number of aromatic nitrogens is 2. The Labute approximate surface area is 157 Å². The summed E-state index contributed by atoms with van der Waals surface area (Å²) in [5, 5.41) is 3.87. The van der Waals surface area contributed by atoms with Crippen molar-refractivity contribution < 1.29 is 12.9 Å². The number of aryl methyl sites for hydroxylation is 2. The van der Waals surface area contributed by atoms with Crippen molar-refractivity contribution in [2.45, 2.75) is 31.8 Å². The monoisotopic (exact) mass is 407 g/mol. The summed E-state index contributed by atoms with van der Waals surface area (Å²) in [4.78, 5) is 8.58. The maximum Gasteiger partial charge on any atom is 0.244 e. The molecule has 2 aromatic heterocycles. The van der Waals surface area contributed by atoms with Gasteiger partial charge >= 0.3 is 0 Å². The maximum absolute atomic E-state index is 12.8. The van der Waals surface area contributed by atoms with Crippen molar-refractivity contribution in [3.8, 4) is 0 Å². The van der Waals surface area contributed by atoms with Crippen LogP contribution in [0.3, 0.4) is 0 Å². The molecular formula is C14H22ClN5O3S2. The lowest BCUT2D eigenvalue weighted by Gasteiger charge is -2.33. The molecule has 0 radical (unpaired) electrons.